The maximum absolute atomic E-state index is 11.5. The van der Waals surface area contributed by atoms with E-state index in [4.69, 9.17) is 14.7 Å². The highest BCUT2D eigenvalue weighted by Gasteiger charge is 2.12. The number of carbonyl (C=O) groups is 1. The average molecular weight is 291 g/mol. The van der Waals surface area contributed by atoms with E-state index >= 15 is 0 Å². The summed E-state index contributed by atoms with van der Waals surface area (Å²) in [4.78, 5) is 11.5. The van der Waals surface area contributed by atoms with E-state index < -0.39 is 0 Å². The molecule has 0 bridgehead atoms. The summed E-state index contributed by atoms with van der Waals surface area (Å²) in [5.74, 6) is 0.796. The minimum atomic E-state index is -0.338. The molecular weight excluding hydrogens is 270 g/mol. The molecule has 0 aromatic heterocycles. The Hall–Kier alpha value is -2.26. The maximum atomic E-state index is 11.5. The van der Waals surface area contributed by atoms with Crippen molar-refractivity contribution in [1.82, 2.24) is 10.6 Å². The van der Waals surface area contributed by atoms with Crippen molar-refractivity contribution in [2.75, 3.05) is 26.8 Å². The second-order valence-corrected chi connectivity index (χ2v) is 4.35. The van der Waals surface area contributed by atoms with Gasteiger partial charge in [0.2, 0.25) is 0 Å². The van der Waals surface area contributed by atoms with Crippen LogP contribution in [0.2, 0.25) is 0 Å². The number of nitrogens with one attached hydrogen (secondary N) is 2. The topological polar surface area (TPSA) is 83.4 Å². The molecular formula is C15H21N3O3. The molecule has 1 amide bonds. The van der Waals surface area contributed by atoms with Gasteiger partial charge in [-0.15, -0.1) is 0 Å². The molecule has 1 aromatic rings. The van der Waals surface area contributed by atoms with Crippen molar-refractivity contribution in [2.24, 2.45) is 0 Å². The van der Waals surface area contributed by atoms with Crippen LogP contribution in [0.15, 0.2) is 18.2 Å². The highest BCUT2D eigenvalue weighted by Crippen LogP contribution is 2.30. The van der Waals surface area contributed by atoms with E-state index in [1.54, 1.807) is 13.2 Å². The number of nitrogens with zero attached hydrogens (tertiary/aromatic N) is 1. The number of ether oxygens (including phenoxy) is 2. The largest absolute Gasteiger partial charge is 0.493 e. The van der Waals surface area contributed by atoms with Crippen molar-refractivity contribution in [2.45, 2.75) is 19.9 Å². The van der Waals surface area contributed by atoms with Crippen LogP contribution in [0.3, 0.4) is 0 Å². The highest BCUT2D eigenvalue weighted by molar-refractivity contribution is 5.77. The second kappa shape index (κ2) is 9.61. The number of benzene rings is 1. The van der Waals surface area contributed by atoms with Crippen LogP contribution in [0.25, 0.3) is 0 Å². The van der Waals surface area contributed by atoms with Crippen LogP contribution < -0.4 is 20.1 Å². The van der Waals surface area contributed by atoms with Gasteiger partial charge in [0.05, 0.1) is 13.2 Å². The van der Waals surface area contributed by atoms with Gasteiger partial charge in [0.1, 0.15) is 6.54 Å². The van der Waals surface area contributed by atoms with Gasteiger partial charge >= 0.3 is 0 Å². The number of hydrogen-bond acceptors (Lipinski definition) is 5. The minimum Gasteiger partial charge on any atom is -0.493 e. The van der Waals surface area contributed by atoms with Crippen LogP contribution >= 0.6 is 0 Å². The standard InChI is InChI=1S/C15H21N3O3/c1-3-8-17-10-12-5-4-6-13(20-2)15(12)21-11-14(19)18-9-7-16/h4-6,17H,3,8-11H2,1-2H3,(H,18,19). The molecule has 6 nitrogen and oxygen atoms in total. The first-order valence-electron chi connectivity index (χ1n) is 6.86. The first-order valence-corrected chi connectivity index (χ1v) is 6.86. The highest BCUT2D eigenvalue weighted by atomic mass is 16.5. The Labute approximate surface area is 125 Å². The summed E-state index contributed by atoms with van der Waals surface area (Å²) in [6.45, 7) is 3.46. The summed E-state index contributed by atoms with van der Waals surface area (Å²) in [6, 6.07) is 7.43. The van der Waals surface area contributed by atoms with Gasteiger partial charge in [0.15, 0.2) is 18.1 Å². The summed E-state index contributed by atoms with van der Waals surface area (Å²) in [5.41, 5.74) is 0.927. The monoisotopic (exact) mass is 291 g/mol. The van der Waals surface area contributed by atoms with Crippen LogP contribution in [0, 0.1) is 11.3 Å². The molecule has 2 N–H and O–H groups in total. The number of rotatable bonds is 9. The summed E-state index contributed by atoms with van der Waals surface area (Å²) in [7, 11) is 1.56. The first kappa shape index (κ1) is 16.8. The van der Waals surface area contributed by atoms with Crippen LogP contribution in [-0.4, -0.2) is 32.7 Å². The number of para-hydroxylation sites is 1. The molecule has 1 rings (SSSR count). The van der Waals surface area contributed by atoms with Crippen molar-refractivity contribution in [3.05, 3.63) is 23.8 Å². The SMILES string of the molecule is CCCNCc1cccc(OC)c1OCC(=O)NCC#N. The molecule has 6 heteroatoms. The lowest BCUT2D eigenvalue weighted by atomic mass is 10.2. The fourth-order valence-corrected chi connectivity index (χ4v) is 1.75. The van der Waals surface area contributed by atoms with E-state index in [0.29, 0.717) is 18.0 Å². The van der Waals surface area contributed by atoms with Gasteiger partial charge < -0.3 is 20.1 Å². The lowest BCUT2D eigenvalue weighted by molar-refractivity contribution is -0.122. The van der Waals surface area contributed by atoms with Crippen LogP contribution in [-0.2, 0) is 11.3 Å². The third-order valence-electron chi connectivity index (χ3n) is 2.73. The quantitative estimate of drug-likeness (QED) is 0.528. The maximum Gasteiger partial charge on any atom is 0.258 e. The normalized spacial score (nSPS) is 9.76. The van der Waals surface area contributed by atoms with Gasteiger partial charge in [-0.25, -0.2) is 0 Å². The van der Waals surface area contributed by atoms with Crippen molar-refractivity contribution in [1.29, 1.82) is 5.26 Å². The van der Waals surface area contributed by atoms with Crippen molar-refractivity contribution in [3.63, 3.8) is 0 Å². The predicted molar refractivity (Wildman–Crippen MR) is 79.1 cm³/mol. The average Bonchev–Trinajstić information content (AvgIpc) is 2.51. The van der Waals surface area contributed by atoms with E-state index in [1.165, 1.54) is 0 Å². The Bertz CT molecular complexity index is 497. The molecule has 0 heterocycles. The molecule has 0 fully saturated rings. The van der Waals surface area contributed by atoms with E-state index in [0.717, 1.165) is 18.5 Å². The molecule has 0 saturated heterocycles. The van der Waals surface area contributed by atoms with Crippen molar-refractivity contribution in [3.8, 4) is 17.6 Å². The molecule has 0 spiro atoms. The molecule has 0 aliphatic carbocycles. The van der Waals surface area contributed by atoms with Crippen molar-refractivity contribution < 1.29 is 14.3 Å². The summed E-state index contributed by atoms with van der Waals surface area (Å²) >= 11 is 0. The Balaban J connectivity index is 2.72. The minimum absolute atomic E-state index is 0.0287. The predicted octanol–water partition coefficient (Wildman–Crippen LogP) is 1.21. The third-order valence-corrected chi connectivity index (χ3v) is 2.73. The molecule has 1 aromatic carbocycles. The third kappa shape index (κ3) is 5.71. The number of nitriles is 1. The Kier molecular flexibility index (Phi) is 7.69. The molecule has 0 radical (unpaired) electrons. The zero-order valence-electron chi connectivity index (χ0n) is 12.4. The van der Waals surface area contributed by atoms with Crippen LogP contribution in [0.4, 0.5) is 0 Å². The van der Waals surface area contributed by atoms with Crippen molar-refractivity contribution >= 4 is 5.91 Å². The Morgan fingerprint density at radius 1 is 1.43 bits per heavy atom. The van der Waals surface area contributed by atoms with Gasteiger partial charge in [-0.2, -0.15) is 5.26 Å². The van der Waals surface area contributed by atoms with Crippen LogP contribution in [0.5, 0.6) is 11.5 Å². The summed E-state index contributed by atoms with van der Waals surface area (Å²) < 4.78 is 10.8. The second-order valence-electron chi connectivity index (χ2n) is 4.35. The zero-order chi connectivity index (χ0) is 15.5. The van der Waals surface area contributed by atoms with Gasteiger partial charge in [0, 0.05) is 12.1 Å². The molecule has 114 valence electrons. The van der Waals surface area contributed by atoms with Gasteiger partial charge in [-0.1, -0.05) is 19.1 Å². The van der Waals surface area contributed by atoms with E-state index in [-0.39, 0.29) is 19.1 Å². The number of amides is 1. The van der Waals surface area contributed by atoms with E-state index in [9.17, 15) is 4.79 Å². The number of methoxy groups -OCH3 is 1. The van der Waals surface area contributed by atoms with E-state index in [1.807, 2.05) is 18.2 Å². The summed E-state index contributed by atoms with van der Waals surface area (Å²) in [6.07, 6.45) is 1.04. The zero-order valence-corrected chi connectivity index (χ0v) is 12.4. The molecule has 0 atom stereocenters. The number of hydrogen-bond donors (Lipinski definition) is 2. The molecule has 0 aliphatic rings. The molecule has 0 unspecified atom stereocenters. The first-order chi connectivity index (χ1) is 10.2. The summed E-state index contributed by atoms with van der Waals surface area (Å²) in [5, 5.41) is 14.1. The lowest BCUT2D eigenvalue weighted by Gasteiger charge is -2.15. The molecule has 0 aliphatic heterocycles. The van der Waals surface area contributed by atoms with Crippen LogP contribution in [0.1, 0.15) is 18.9 Å². The molecule has 0 saturated carbocycles. The van der Waals surface area contributed by atoms with Gasteiger partial charge in [-0.05, 0) is 19.0 Å². The smallest absolute Gasteiger partial charge is 0.258 e. The fraction of sp³-hybridized carbons (Fsp3) is 0.467. The fourth-order valence-electron chi connectivity index (χ4n) is 1.75. The Morgan fingerprint density at radius 2 is 2.24 bits per heavy atom. The Morgan fingerprint density at radius 3 is 2.90 bits per heavy atom. The van der Waals surface area contributed by atoms with E-state index in [2.05, 4.69) is 17.6 Å². The van der Waals surface area contributed by atoms with Gasteiger partial charge in [-0.3, -0.25) is 4.79 Å². The van der Waals surface area contributed by atoms with Gasteiger partial charge in [0.25, 0.3) is 5.91 Å². The molecule has 21 heavy (non-hydrogen) atoms. The number of carbonyl (C=O) groups excluding carboxylic acids is 1. The lowest BCUT2D eigenvalue weighted by Crippen LogP contribution is -2.29.